The number of carbonyl (C=O) groups excluding carboxylic acids is 1. The third-order valence-electron chi connectivity index (χ3n) is 4.67. The molecule has 0 unspecified atom stereocenters. The number of rotatable bonds is 6. The van der Waals surface area contributed by atoms with E-state index in [1.165, 1.54) is 0 Å². The molecule has 3 rings (SSSR count). The van der Waals surface area contributed by atoms with Gasteiger partial charge in [0.15, 0.2) is 0 Å². The fourth-order valence-electron chi connectivity index (χ4n) is 3.26. The average Bonchev–Trinajstić information content (AvgIpc) is 2.67. The van der Waals surface area contributed by atoms with Crippen LogP contribution in [0.4, 0.5) is 5.82 Å². The quantitative estimate of drug-likeness (QED) is 0.843. The number of amides is 1. The Hall–Kier alpha value is -2.11. The van der Waals surface area contributed by atoms with Crippen molar-refractivity contribution in [1.29, 1.82) is 0 Å². The van der Waals surface area contributed by atoms with Gasteiger partial charge in [-0.05, 0) is 36.1 Å². The van der Waals surface area contributed by atoms with E-state index < -0.39 is 0 Å². The highest BCUT2D eigenvalue weighted by atomic mass is 35.5. The zero-order chi connectivity index (χ0) is 18.4. The van der Waals surface area contributed by atoms with Gasteiger partial charge in [0.1, 0.15) is 5.82 Å². The van der Waals surface area contributed by atoms with E-state index in [9.17, 15) is 4.79 Å². The van der Waals surface area contributed by atoms with Gasteiger partial charge in [0.25, 0.3) is 0 Å². The summed E-state index contributed by atoms with van der Waals surface area (Å²) in [5, 5.41) is 3.71. The Morgan fingerprint density at radius 3 is 2.73 bits per heavy atom. The number of carbonyl (C=O) groups is 1. The summed E-state index contributed by atoms with van der Waals surface area (Å²) >= 11 is 5.89. The lowest BCUT2D eigenvalue weighted by molar-refractivity contribution is -0.125. The minimum Gasteiger partial charge on any atom is -0.380 e. The zero-order valence-corrected chi connectivity index (χ0v) is 15.7. The summed E-state index contributed by atoms with van der Waals surface area (Å²) in [5.41, 5.74) is 2.21. The van der Waals surface area contributed by atoms with Crippen molar-refractivity contribution < 1.29 is 9.53 Å². The lowest BCUT2D eigenvalue weighted by Gasteiger charge is -2.32. The molecule has 1 aliphatic heterocycles. The third-order valence-corrected chi connectivity index (χ3v) is 4.89. The number of pyridine rings is 1. The number of benzene rings is 1. The summed E-state index contributed by atoms with van der Waals surface area (Å²) in [6.07, 6.45) is 3.33. The topological polar surface area (TPSA) is 54.5 Å². The van der Waals surface area contributed by atoms with Gasteiger partial charge in [-0.25, -0.2) is 4.98 Å². The van der Waals surface area contributed by atoms with E-state index in [2.05, 4.69) is 21.3 Å². The van der Waals surface area contributed by atoms with Crippen LogP contribution in [0.3, 0.4) is 0 Å². The van der Waals surface area contributed by atoms with Gasteiger partial charge in [-0.2, -0.15) is 0 Å². The molecule has 0 saturated carbocycles. The Kier molecular flexibility index (Phi) is 6.47. The van der Waals surface area contributed by atoms with Crippen molar-refractivity contribution >= 4 is 23.3 Å². The number of nitrogens with one attached hydrogen (secondary N) is 1. The monoisotopic (exact) mass is 373 g/mol. The molecule has 1 fully saturated rings. The SMILES string of the molecule is COCc1cccc(CNC(=O)C2CCN(c3ccc(Cl)cn3)CC2)c1. The summed E-state index contributed by atoms with van der Waals surface area (Å²) in [6.45, 7) is 2.79. The second-order valence-corrected chi connectivity index (χ2v) is 7.00. The Bertz CT molecular complexity index is 728. The van der Waals surface area contributed by atoms with Crippen LogP contribution in [0.1, 0.15) is 24.0 Å². The summed E-state index contributed by atoms with van der Waals surface area (Å²) < 4.78 is 5.15. The number of ether oxygens (including phenoxy) is 1. The molecule has 0 bridgehead atoms. The number of halogens is 1. The maximum atomic E-state index is 12.5. The fourth-order valence-corrected chi connectivity index (χ4v) is 3.37. The first-order chi connectivity index (χ1) is 12.7. The maximum Gasteiger partial charge on any atom is 0.223 e. The van der Waals surface area contributed by atoms with E-state index in [1.807, 2.05) is 30.3 Å². The highest BCUT2D eigenvalue weighted by Gasteiger charge is 2.25. The predicted octanol–water partition coefficient (Wildman–Crippen LogP) is 3.41. The number of hydrogen-bond donors (Lipinski definition) is 1. The molecule has 1 amide bonds. The number of aromatic nitrogens is 1. The average molecular weight is 374 g/mol. The van der Waals surface area contributed by atoms with E-state index in [4.69, 9.17) is 16.3 Å². The first-order valence-corrected chi connectivity index (χ1v) is 9.24. The van der Waals surface area contributed by atoms with Gasteiger partial charge in [0.05, 0.1) is 11.6 Å². The number of hydrogen-bond acceptors (Lipinski definition) is 4. The predicted molar refractivity (Wildman–Crippen MR) is 103 cm³/mol. The van der Waals surface area contributed by atoms with E-state index in [1.54, 1.807) is 13.3 Å². The van der Waals surface area contributed by atoms with Gasteiger partial charge >= 0.3 is 0 Å². The third kappa shape index (κ3) is 4.96. The van der Waals surface area contributed by atoms with Crippen molar-refractivity contribution in [2.75, 3.05) is 25.1 Å². The van der Waals surface area contributed by atoms with Crippen LogP contribution in [-0.4, -0.2) is 31.1 Å². The molecule has 138 valence electrons. The molecular weight excluding hydrogens is 350 g/mol. The normalized spacial score (nSPS) is 15.1. The largest absolute Gasteiger partial charge is 0.380 e. The second-order valence-electron chi connectivity index (χ2n) is 6.57. The van der Waals surface area contributed by atoms with Crippen molar-refractivity contribution in [3.8, 4) is 0 Å². The molecular formula is C20H24ClN3O2. The highest BCUT2D eigenvalue weighted by Crippen LogP contribution is 2.23. The van der Waals surface area contributed by atoms with Crippen molar-refractivity contribution in [3.05, 3.63) is 58.7 Å². The van der Waals surface area contributed by atoms with Gasteiger partial charge < -0.3 is 15.0 Å². The molecule has 2 aromatic rings. The molecule has 6 heteroatoms. The summed E-state index contributed by atoms with van der Waals surface area (Å²) in [7, 11) is 1.68. The molecule has 0 aliphatic carbocycles. The first-order valence-electron chi connectivity index (χ1n) is 8.86. The minimum atomic E-state index is 0.0562. The van der Waals surface area contributed by atoms with Crippen LogP contribution in [0, 0.1) is 5.92 Å². The van der Waals surface area contributed by atoms with Crippen LogP contribution in [0.5, 0.6) is 0 Å². The molecule has 0 radical (unpaired) electrons. The van der Waals surface area contributed by atoms with Crippen molar-refractivity contribution in [2.45, 2.75) is 26.0 Å². The molecule has 1 aromatic carbocycles. The number of nitrogens with zero attached hydrogens (tertiary/aromatic N) is 2. The van der Waals surface area contributed by atoms with Crippen molar-refractivity contribution in [3.63, 3.8) is 0 Å². The second kappa shape index (κ2) is 9.01. The summed E-state index contributed by atoms with van der Waals surface area (Å²) in [5.74, 6) is 1.11. The Balaban J connectivity index is 1.47. The molecule has 26 heavy (non-hydrogen) atoms. The van der Waals surface area contributed by atoms with Crippen molar-refractivity contribution in [2.24, 2.45) is 5.92 Å². The van der Waals surface area contributed by atoms with E-state index in [-0.39, 0.29) is 11.8 Å². The van der Waals surface area contributed by atoms with E-state index in [0.717, 1.165) is 42.9 Å². The number of piperidine rings is 1. The van der Waals surface area contributed by atoms with Crippen LogP contribution in [-0.2, 0) is 22.7 Å². The van der Waals surface area contributed by atoms with Gasteiger partial charge in [-0.3, -0.25) is 4.79 Å². The van der Waals surface area contributed by atoms with Crippen LogP contribution < -0.4 is 10.2 Å². The lowest BCUT2D eigenvalue weighted by atomic mass is 9.95. The fraction of sp³-hybridized carbons (Fsp3) is 0.400. The minimum absolute atomic E-state index is 0.0562. The molecule has 1 aliphatic rings. The zero-order valence-electron chi connectivity index (χ0n) is 15.0. The smallest absolute Gasteiger partial charge is 0.223 e. The molecule has 0 spiro atoms. The van der Waals surface area contributed by atoms with Gasteiger partial charge in [-0.1, -0.05) is 35.9 Å². The van der Waals surface area contributed by atoms with Crippen LogP contribution in [0.15, 0.2) is 42.6 Å². The molecule has 5 nitrogen and oxygen atoms in total. The number of anilines is 1. The van der Waals surface area contributed by atoms with Gasteiger partial charge in [0.2, 0.25) is 5.91 Å². The van der Waals surface area contributed by atoms with E-state index in [0.29, 0.717) is 18.2 Å². The van der Waals surface area contributed by atoms with Crippen LogP contribution >= 0.6 is 11.6 Å². The highest BCUT2D eigenvalue weighted by molar-refractivity contribution is 6.30. The molecule has 1 saturated heterocycles. The Morgan fingerprint density at radius 1 is 1.27 bits per heavy atom. The molecule has 2 heterocycles. The van der Waals surface area contributed by atoms with Gasteiger partial charge in [-0.15, -0.1) is 0 Å². The van der Waals surface area contributed by atoms with E-state index >= 15 is 0 Å². The van der Waals surface area contributed by atoms with Gasteiger partial charge in [0, 0.05) is 38.9 Å². The Morgan fingerprint density at radius 2 is 2.04 bits per heavy atom. The molecule has 1 N–H and O–H groups in total. The number of methoxy groups -OCH3 is 1. The van der Waals surface area contributed by atoms with Crippen LogP contribution in [0.25, 0.3) is 0 Å². The molecule has 1 aromatic heterocycles. The summed E-state index contributed by atoms with van der Waals surface area (Å²) in [4.78, 5) is 19.0. The summed E-state index contributed by atoms with van der Waals surface area (Å²) in [6, 6.07) is 11.9. The van der Waals surface area contributed by atoms with Crippen LogP contribution in [0.2, 0.25) is 5.02 Å². The lowest BCUT2D eigenvalue weighted by Crippen LogP contribution is -2.40. The molecule has 0 atom stereocenters. The maximum absolute atomic E-state index is 12.5. The Labute approximate surface area is 159 Å². The first kappa shape index (κ1) is 18.7. The van der Waals surface area contributed by atoms with Crippen molar-refractivity contribution in [1.82, 2.24) is 10.3 Å². The standard InChI is InChI=1S/C20H24ClN3O2/c1-26-14-16-4-2-3-15(11-16)12-23-20(25)17-7-9-24(10-8-17)19-6-5-18(21)13-22-19/h2-6,11,13,17H,7-10,12,14H2,1H3,(H,23,25).